The number of carbonyl (C=O) groups is 1. The molecule has 2 aromatic carbocycles. The van der Waals surface area contributed by atoms with Gasteiger partial charge in [0.05, 0.1) is 11.5 Å². The number of thioether (sulfide) groups is 1. The zero-order valence-electron chi connectivity index (χ0n) is 16.1. The second-order valence-corrected chi connectivity index (χ2v) is 9.29. The van der Waals surface area contributed by atoms with Crippen LogP contribution in [-0.2, 0) is 14.9 Å². The number of hydrogen-bond acceptors (Lipinski definition) is 7. The Hall–Kier alpha value is -2.62. The standard InChI is InChI=1S/C21H19NO5S3/c1-3-12-22-20(23)19(29-21(22)28)14-15-10-11-17(18(13-15)26-4-2)27-30(24,25)16-8-6-5-7-9-16/h3,5-11,13-14H,1,4,12H2,2H3/b19-14+. The summed E-state index contributed by atoms with van der Waals surface area (Å²) in [7, 11) is -4.01. The quantitative estimate of drug-likeness (QED) is 0.252. The summed E-state index contributed by atoms with van der Waals surface area (Å²) >= 11 is 6.44. The van der Waals surface area contributed by atoms with Crippen LogP contribution in [0, 0.1) is 0 Å². The van der Waals surface area contributed by atoms with Gasteiger partial charge in [0.25, 0.3) is 5.91 Å². The lowest BCUT2D eigenvalue weighted by Gasteiger charge is -2.13. The van der Waals surface area contributed by atoms with Gasteiger partial charge in [-0.25, -0.2) is 0 Å². The highest BCUT2D eigenvalue weighted by Gasteiger charge is 2.31. The van der Waals surface area contributed by atoms with Gasteiger partial charge in [0.1, 0.15) is 9.22 Å². The van der Waals surface area contributed by atoms with E-state index in [1.54, 1.807) is 49.4 Å². The summed E-state index contributed by atoms with van der Waals surface area (Å²) in [5.41, 5.74) is 0.655. The van der Waals surface area contributed by atoms with Crippen molar-refractivity contribution in [1.29, 1.82) is 0 Å². The highest BCUT2D eigenvalue weighted by molar-refractivity contribution is 8.26. The maximum Gasteiger partial charge on any atom is 0.339 e. The molecule has 1 aliphatic heterocycles. The Morgan fingerprint density at radius 3 is 2.57 bits per heavy atom. The highest BCUT2D eigenvalue weighted by atomic mass is 32.2. The van der Waals surface area contributed by atoms with E-state index in [0.717, 1.165) is 0 Å². The van der Waals surface area contributed by atoms with Crippen LogP contribution in [0.4, 0.5) is 0 Å². The average molecular weight is 462 g/mol. The maximum absolute atomic E-state index is 12.5. The van der Waals surface area contributed by atoms with Crippen LogP contribution < -0.4 is 8.92 Å². The molecule has 0 saturated carbocycles. The Morgan fingerprint density at radius 1 is 1.17 bits per heavy atom. The van der Waals surface area contributed by atoms with E-state index in [1.807, 2.05) is 0 Å². The number of rotatable bonds is 8. The number of thiocarbonyl (C=S) groups is 1. The topological polar surface area (TPSA) is 72.9 Å². The molecule has 1 heterocycles. The van der Waals surface area contributed by atoms with Gasteiger partial charge in [-0.05, 0) is 42.8 Å². The first kappa shape index (κ1) is 22.1. The molecule has 30 heavy (non-hydrogen) atoms. The van der Waals surface area contributed by atoms with Crippen molar-refractivity contribution in [2.45, 2.75) is 11.8 Å². The highest BCUT2D eigenvalue weighted by Crippen LogP contribution is 2.35. The smallest absolute Gasteiger partial charge is 0.339 e. The second kappa shape index (κ2) is 9.46. The van der Waals surface area contributed by atoms with Crippen molar-refractivity contribution in [2.24, 2.45) is 0 Å². The van der Waals surface area contributed by atoms with Crippen LogP contribution in [0.3, 0.4) is 0 Å². The molecule has 0 spiro atoms. The van der Waals surface area contributed by atoms with Crippen LogP contribution >= 0.6 is 24.0 Å². The van der Waals surface area contributed by atoms with Crippen molar-refractivity contribution >= 4 is 50.4 Å². The molecule has 0 unspecified atom stereocenters. The summed E-state index contributed by atoms with van der Waals surface area (Å²) in [6, 6.07) is 12.6. The minimum absolute atomic E-state index is 0.0439. The predicted octanol–water partition coefficient (Wildman–Crippen LogP) is 4.24. The molecule has 9 heteroatoms. The Labute approximate surface area is 185 Å². The predicted molar refractivity (Wildman–Crippen MR) is 122 cm³/mol. The molecule has 3 rings (SSSR count). The van der Waals surface area contributed by atoms with Crippen molar-refractivity contribution in [3.63, 3.8) is 0 Å². The van der Waals surface area contributed by atoms with E-state index in [4.69, 9.17) is 21.1 Å². The fourth-order valence-electron chi connectivity index (χ4n) is 2.64. The monoisotopic (exact) mass is 461 g/mol. The number of carbonyl (C=O) groups excluding carboxylic acids is 1. The van der Waals surface area contributed by atoms with E-state index in [-0.39, 0.29) is 22.3 Å². The van der Waals surface area contributed by atoms with Crippen molar-refractivity contribution in [2.75, 3.05) is 13.2 Å². The molecule has 156 valence electrons. The largest absolute Gasteiger partial charge is 0.490 e. The third kappa shape index (κ3) is 4.92. The molecule has 0 radical (unpaired) electrons. The van der Waals surface area contributed by atoms with E-state index >= 15 is 0 Å². The maximum atomic E-state index is 12.5. The Bertz CT molecular complexity index is 1110. The van der Waals surface area contributed by atoms with Crippen LogP contribution in [0.15, 0.2) is 71.0 Å². The molecule has 0 bridgehead atoms. The van der Waals surface area contributed by atoms with Gasteiger partial charge in [-0.1, -0.05) is 54.3 Å². The minimum atomic E-state index is -4.01. The van der Waals surface area contributed by atoms with Gasteiger partial charge in [0, 0.05) is 6.54 Å². The van der Waals surface area contributed by atoms with Crippen molar-refractivity contribution in [1.82, 2.24) is 4.90 Å². The SMILES string of the molecule is C=CCN1C(=O)/C(=C\c2ccc(OS(=O)(=O)c3ccccc3)c(OCC)c2)SC1=S. The summed E-state index contributed by atoms with van der Waals surface area (Å²) in [4.78, 5) is 14.5. The van der Waals surface area contributed by atoms with E-state index in [1.165, 1.54) is 34.9 Å². The van der Waals surface area contributed by atoms with Gasteiger partial charge in [-0.3, -0.25) is 9.69 Å². The third-order valence-electron chi connectivity index (χ3n) is 3.98. The van der Waals surface area contributed by atoms with E-state index in [2.05, 4.69) is 6.58 Å². The lowest BCUT2D eigenvalue weighted by Crippen LogP contribution is -2.27. The summed E-state index contributed by atoms with van der Waals surface area (Å²) in [6.45, 7) is 6.07. The molecule has 6 nitrogen and oxygen atoms in total. The molecule has 0 atom stereocenters. The lowest BCUT2D eigenvalue weighted by molar-refractivity contribution is -0.121. The zero-order chi connectivity index (χ0) is 21.7. The van der Waals surface area contributed by atoms with Crippen molar-refractivity contribution in [3.05, 3.63) is 71.7 Å². The first-order valence-electron chi connectivity index (χ1n) is 8.98. The molecular weight excluding hydrogens is 442 g/mol. The molecule has 1 fully saturated rings. The summed E-state index contributed by atoms with van der Waals surface area (Å²) < 4.78 is 36.4. The van der Waals surface area contributed by atoms with Crippen LogP contribution in [0.1, 0.15) is 12.5 Å². The number of benzene rings is 2. The second-order valence-electron chi connectivity index (χ2n) is 6.07. The van der Waals surface area contributed by atoms with Crippen molar-refractivity contribution in [3.8, 4) is 11.5 Å². The molecule has 0 aromatic heterocycles. The van der Waals surface area contributed by atoms with Gasteiger partial charge in [0.15, 0.2) is 11.5 Å². The zero-order valence-corrected chi connectivity index (χ0v) is 18.6. The van der Waals surface area contributed by atoms with Crippen molar-refractivity contribution < 1.29 is 22.1 Å². The summed E-state index contributed by atoms with van der Waals surface area (Å²) in [6.07, 6.45) is 3.29. The molecule has 1 aliphatic rings. The number of ether oxygens (including phenoxy) is 1. The number of nitrogens with zero attached hydrogens (tertiary/aromatic N) is 1. The van der Waals surface area contributed by atoms with Gasteiger partial charge in [-0.15, -0.1) is 6.58 Å². The minimum Gasteiger partial charge on any atom is -0.490 e. The van der Waals surface area contributed by atoms with E-state index < -0.39 is 10.1 Å². The molecular formula is C21H19NO5S3. The summed E-state index contributed by atoms with van der Waals surface area (Å²) in [5.74, 6) is 0.124. The summed E-state index contributed by atoms with van der Waals surface area (Å²) in [5, 5.41) is 0. The molecule has 1 saturated heterocycles. The Balaban J connectivity index is 1.90. The normalized spacial score (nSPS) is 15.5. The molecule has 2 aromatic rings. The van der Waals surface area contributed by atoms with E-state index in [0.29, 0.717) is 27.9 Å². The Kier molecular flexibility index (Phi) is 6.96. The van der Waals surface area contributed by atoms with Crippen LogP contribution in [0.5, 0.6) is 11.5 Å². The Morgan fingerprint density at radius 2 is 1.90 bits per heavy atom. The molecule has 1 amide bonds. The van der Waals surface area contributed by atoms with Gasteiger partial charge < -0.3 is 8.92 Å². The van der Waals surface area contributed by atoms with Gasteiger partial charge >= 0.3 is 10.1 Å². The third-order valence-corrected chi connectivity index (χ3v) is 6.61. The van der Waals surface area contributed by atoms with Gasteiger partial charge in [0.2, 0.25) is 0 Å². The fraction of sp³-hybridized carbons (Fsp3) is 0.143. The number of amides is 1. The number of hydrogen-bond donors (Lipinski definition) is 0. The average Bonchev–Trinajstić information content (AvgIpc) is 2.98. The van der Waals surface area contributed by atoms with E-state index in [9.17, 15) is 13.2 Å². The lowest BCUT2D eigenvalue weighted by atomic mass is 10.2. The molecule has 0 aliphatic carbocycles. The van der Waals surface area contributed by atoms with Crippen LogP contribution in [-0.4, -0.2) is 36.7 Å². The molecule has 0 N–H and O–H groups in total. The first-order valence-corrected chi connectivity index (χ1v) is 11.6. The van der Waals surface area contributed by atoms with Crippen LogP contribution in [0.25, 0.3) is 6.08 Å². The van der Waals surface area contributed by atoms with Gasteiger partial charge in [-0.2, -0.15) is 8.42 Å². The first-order chi connectivity index (χ1) is 14.4. The fourth-order valence-corrected chi connectivity index (χ4v) is 4.88. The van der Waals surface area contributed by atoms with Crippen LogP contribution in [0.2, 0.25) is 0 Å².